The fourth-order valence-corrected chi connectivity index (χ4v) is 2.42. The van der Waals surface area contributed by atoms with Crippen LogP contribution < -0.4 is 4.57 Å². The Morgan fingerprint density at radius 2 is 2.16 bits per heavy atom. The van der Waals surface area contributed by atoms with Crippen LogP contribution in [0.1, 0.15) is 38.8 Å². The van der Waals surface area contributed by atoms with Crippen LogP contribution in [0.3, 0.4) is 0 Å². The third kappa shape index (κ3) is 3.44. The fraction of sp³-hybridized carbons (Fsp3) is 0.571. The van der Waals surface area contributed by atoms with Crippen molar-refractivity contribution in [2.75, 3.05) is 6.61 Å². The van der Waals surface area contributed by atoms with Crippen LogP contribution in [0.4, 0.5) is 0 Å². The summed E-state index contributed by atoms with van der Waals surface area (Å²) in [6, 6.07) is 0.901. The maximum absolute atomic E-state index is 8.94. The van der Waals surface area contributed by atoms with Crippen molar-refractivity contribution < 1.29 is 9.67 Å². The molecule has 104 valence electrons. The molecule has 1 N–H and O–H groups in total. The van der Waals surface area contributed by atoms with Gasteiger partial charge in [0.15, 0.2) is 0 Å². The van der Waals surface area contributed by atoms with E-state index in [2.05, 4.69) is 40.5 Å². The molecule has 0 aliphatic heterocycles. The molecule has 2 rings (SSSR count). The molecule has 0 bridgehead atoms. The summed E-state index contributed by atoms with van der Waals surface area (Å²) in [6.45, 7) is 5.26. The summed E-state index contributed by atoms with van der Waals surface area (Å²) in [5.41, 5.74) is 0. The number of aliphatic hydroxyl groups excluding tert-OH is 1. The van der Waals surface area contributed by atoms with Crippen LogP contribution in [0.2, 0.25) is 0 Å². The molecule has 19 heavy (non-hydrogen) atoms. The summed E-state index contributed by atoms with van der Waals surface area (Å²) in [4.78, 5) is 4.12. The Balaban J connectivity index is 2.00. The standard InChI is InChI=1S/C14H23N4O/c1-3-14(17-5-4-15-11-17)10-13(2)18-7-6-16(12-18)8-9-19/h4-7,11-14,19H,3,8-10H2,1-2H3/q+1. The van der Waals surface area contributed by atoms with Gasteiger partial charge in [0, 0.05) is 24.9 Å². The van der Waals surface area contributed by atoms with Gasteiger partial charge in [0.05, 0.1) is 19.0 Å². The molecule has 2 aromatic heterocycles. The van der Waals surface area contributed by atoms with Crippen molar-refractivity contribution in [2.24, 2.45) is 0 Å². The SMILES string of the molecule is CCC(CC(C)n1cc[n+](CCO)c1)n1ccnc1. The van der Waals surface area contributed by atoms with E-state index < -0.39 is 0 Å². The average molecular weight is 263 g/mol. The first-order valence-electron chi connectivity index (χ1n) is 6.89. The first kappa shape index (κ1) is 13.8. The highest BCUT2D eigenvalue weighted by molar-refractivity contribution is 4.83. The lowest BCUT2D eigenvalue weighted by atomic mass is 10.1. The van der Waals surface area contributed by atoms with Gasteiger partial charge in [-0.15, -0.1) is 0 Å². The quantitative estimate of drug-likeness (QED) is 0.771. The van der Waals surface area contributed by atoms with Crippen LogP contribution in [0.25, 0.3) is 0 Å². The summed E-state index contributed by atoms with van der Waals surface area (Å²) in [7, 11) is 0. The van der Waals surface area contributed by atoms with Gasteiger partial charge < -0.3 is 9.67 Å². The summed E-state index contributed by atoms with van der Waals surface area (Å²) < 4.78 is 6.39. The largest absolute Gasteiger partial charge is 0.392 e. The van der Waals surface area contributed by atoms with Crippen molar-refractivity contribution in [2.45, 2.75) is 45.3 Å². The van der Waals surface area contributed by atoms with Gasteiger partial charge in [0.25, 0.3) is 0 Å². The highest BCUT2D eigenvalue weighted by atomic mass is 16.3. The van der Waals surface area contributed by atoms with Gasteiger partial charge in [-0.25, -0.2) is 14.1 Å². The van der Waals surface area contributed by atoms with Crippen LogP contribution in [-0.4, -0.2) is 25.8 Å². The number of aliphatic hydroxyl groups is 1. The van der Waals surface area contributed by atoms with E-state index in [9.17, 15) is 0 Å². The van der Waals surface area contributed by atoms with E-state index in [1.807, 2.05) is 29.5 Å². The van der Waals surface area contributed by atoms with Crippen LogP contribution in [0.15, 0.2) is 37.4 Å². The summed E-state index contributed by atoms with van der Waals surface area (Å²) in [5, 5.41) is 8.94. The van der Waals surface area contributed by atoms with Gasteiger partial charge >= 0.3 is 0 Å². The van der Waals surface area contributed by atoms with Crippen molar-refractivity contribution in [1.29, 1.82) is 0 Å². The van der Waals surface area contributed by atoms with Crippen LogP contribution in [0, 0.1) is 0 Å². The molecule has 5 nitrogen and oxygen atoms in total. The monoisotopic (exact) mass is 263 g/mol. The molecule has 5 heteroatoms. The second kappa shape index (κ2) is 6.52. The first-order valence-corrected chi connectivity index (χ1v) is 6.89. The molecular formula is C14H23N4O+. The minimum Gasteiger partial charge on any atom is -0.392 e. The molecule has 0 fully saturated rings. The lowest BCUT2D eigenvalue weighted by Crippen LogP contribution is -2.33. The summed E-state index contributed by atoms with van der Waals surface area (Å²) in [5.74, 6) is 0. The molecule has 2 atom stereocenters. The van der Waals surface area contributed by atoms with E-state index in [1.165, 1.54) is 0 Å². The lowest BCUT2D eigenvalue weighted by molar-refractivity contribution is -0.697. The van der Waals surface area contributed by atoms with Gasteiger partial charge in [-0.05, 0) is 13.3 Å². The van der Waals surface area contributed by atoms with Crippen LogP contribution in [-0.2, 0) is 6.54 Å². The van der Waals surface area contributed by atoms with Gasteiger partial charge in [0.2, 0.25) is 6.33 Å². The van der Waals surface area contributed by atoms with E-state index >= 15 is 0 Å². The van der Waals surface area contributed by atoms with Gasteiger partial charge in [0.1, 0.15) is 18.9 Å². The van der Waals surface area contributed by atoms with Crippen molar-refractivity contribution in [1.82, 2.24) is 14.1 Å². The van der Waals surface area contributed by atoms with Gasteiger partial charge in [-0.2, -0.15) is 0 Å². The first-order chi connectivity index (χ1) is 9.24. The van der Waals surface area contributed by atoms with E-state index in [4.69, 9.17) is 5.11 Å². The number of nitrogens with zero attached hydrogens (tertiary/aromatic N) is 4. The van der Waals surface area contributed by atoms with E-state index in [0.717, 1.165) is 12.8 Å². The van der Waals surface area contributed by atoms with Crippen molar-refractivity contribution in [3.63, 3.8) is 0 Å². The predicted molar refractivity (Wildman–Crippen MR) is 72.6 cm³/mol. The number of rotatable bonds is 7. The molecule has 0 amide bonds. The molecule has 0 aromatic carbocycles. The summed E-state index contributed by atoms with van der Waals surface area (Å²) in [6.07, 6.45) is 14.1. The third-order valence-corrected chi connectivity index (χ3v) is 3.61. The van der Waals surface area contributed by atoms with E-state index in [-0.39, 0.29) is 6.61 Å². The Morgan fingerprint density at radius 1 is 1.32 bits per heavy atom. The topological polar surface area (TPSA) is 46.9 Å². The second-order valence-corrected chi connectivity index (χ2v) is 4.98. The van der Waals surface area contributed by atoms with Gasteiger partial charge in [-0.1, -0.05) is 6.92 Å². The highest BCUT2D eigenvalue weighted by Crippen LogP contribution is 2.23. The van der Waals surface area contributed by atoms with Crippen molar-refractivity contribution >= 4 is 0 Å². The zero-order valence-corrected chi connectivity index (χ0v) is 11.7. The maximum atomic E-state index is 8.94. The van der Waals surface area contributed by atoms with Crippen molar-refractivity contribution in [3.8, 4) is 0 Å². The van der Waals surface area contributed by atoms with Gasteiger partial charge in [-0.3, -0.25) is 0 Å². The van der Waals surface area contributed by atoms with E-state index in [0.29, 0.717) is 18.6 Å². The Bertz CT molecular complexity index is 477. The Labute approximate surface area is 114 Å². The predicted octanol–water partition coefficient (Wildman–Crippen LogP) is 1.57. The number of aromatic nitrogens is 4. The smallest absolute Gasteiger partial charge is 0.244 e. The van der Waals surface area contributed by atoms with Crippen molar-refractivity contribution in [3.05, 3.63) is 37.4 Å². The molecule has 0 radical (unpaired) electrons. The highest BCUT2D eigenvalue weighted by Gasteiger charge is 2.18. The molecule has 2 heterocycles. The molecule has 0 aliphatic rings. The molecule has 0 spiro atoms. The Morgan fingerprint density at radius 3 is 2.79 bits per heavy atom. The maximum Gasteiger partial charge on any atom is 0.244 e. The molecular weight excluding hydrogens is 240 g/mol. The lowest BCUT2D eigenvalue weighted by Gasteiger charge is -2.19. The minimum absolute atomic E-state index is 0.176. The molecule has 0 aliphatic carbocycles. The fourth-order valence-electron chi connectivity index (χ4n) is 2.42. The third-order valence-electron chi connectivity index (χ3n) is 3.61. The molecule has 2 unspecified atom stereocenters. The number of imidazole rings is 2. The average Bonchev–Trinajstić information content (AvgIpc) is 3.07. The zero-order chi connectivity index (χ0) is 13.7. The zero-order valence-electron chi connectivity index (χ0n) is 11.7. The Hall–Kier alpha value is -1.62. The summed E-state index contributed by atoms with van der Waals surface area (Å²) >= 11 is 0. The molecule has 0 saturated heterocycles. The van der Waals surface area contributed by atoms with Crippen LogP contribution in [0.5, 0.6) is 0 Å². The van der Waals surface area contributed by atoms with Crippen LogP contribution >= 0.6 is 0 Å². The number of hydrogen-bond donors (Lipinski definition) is 1. The van der Waals surface area contributed by atoms with E-state index in [1.54, 1.807) is 0 Å². The Kier molecular flexibility index (Phi) is 4.74. The number of hydrogen-bond acceptors (Lipinski definition) is 2. The second-order valence-electron chi connectivity index (χ2n) is 4.98. The minimum atomic E-state index is 0.176. The molecule has 2 aromatic rings. The normalized spacial score (nSPS) is 14.5. The molecule has 0 saturated carbocycles.